The Morgan fingerprint density at radius 3 is 2.14 bits per heavy atom. The highest BCUT2D eigenvalue weighted by Crippen LogP contribution is 2.36. The summed E-state index contributed by atoms with van der Waals surface area (Å²) < 4.78 is 78.0. The van der Waals surface area contributed by atoms with E-state index in [0.717, 1.165) is 41.7 Å². The van der Waals surface area contributed by atoms with E-state index < -0.39 is 23.9 Å². The summed E-state index contributed by atoms with van der Waals surface area (Å²) in [5.74, 6) is -2.24. The number of aliphatic carboxylic acids is 1. The van der Waals surface area contributed by atoms with Crippen LogP contribution >= 0.6 is 0 Å². The lowest BCUT2D eigenvalue weighted by atomic mass is 10.0. The Bertz CT molecular complexity index is 2150. The van der Waals surface area contributed by atoms with Gasteiger partial charge < -0.3 is 25.8 Å². The minimum atomic E-state index is -5.08. The Labute approximate surface area is 318 Å². The van der Waals surface area contributed by atoms with Crippen molar-refractivity contribution in [3.8, 4) is 22.6 Å². The number of nitrogens with one attached hydrogen (secondary N) is 1. The molecule has 1 atom stereocenters. The lowest BCUT2D eigenvalue weighted by molar-refractivity contribution is -0.192. The van der Waals surface area contributed by atoms with E-state index in [2.05, 4.69) is 11.4 Å². The molecule has 0 aromatic heterocycles. The molecule has 0 heterocycles. The number of nitrogens with zero attached hydrogens (tertiary/aromatic N) is 1. The minimum Gasteiger partial charge on any atom is -0.475 e. The van der Waals surface area contributed by atoms with Crippen LogP contribution in [0.3, 0.4) is 0 Å². The number of benzene rings is 5. The van der Waals surface area contributed by atoms with Gasteiger partial charge in [-0.2, -0.15) is 26.3 Å². The van der Waals surface area contributed by atoms with Crippen LogP contribution in [0.4, 0.5) is 32.0 Å². The van der Waals surface area contributed by atoms with Crippen molar-refractivity contribution in [3.05, 3.63) is 149 Å². The number of anilines is 1. The highest BCUT2D eigenvalue weighted by Gasteiger charge is 2.38. The normalized spacial score (nSPS) is 13.5. The molecule has 292 valence electrons. The number of amides is 2. The molecule has 0 spiro atoms. The van der Waals surface area contributed by atoms with Crippen LogP contribution in [0.15, 0.2) is 121 Å². The molecule has 56 heavy (non-hydrogen) atoms. The molecule has 2 amide bonds. The summed E-state index contributed by atoms with van der Waals surface area (Å²) in [5.41, 5.74) is 10.6. The van der Waals surface area contributed by atoms with Crippen LogP contribution in [-0.4, -0.2) is 29.1 Å². The molecule has 0 saturated heterocycles. The molecule has 0 fully saturated rings. The third-order valence-electron chi connectivity index (χ3n) is 8.91. The van der Waals surface area contributed by atoms with Gasteiger partial charge >= 0.3 is 18.3 Å². The van der Waals surface area contributed by atoms with E-state index in [4.69, 9.17) is 20.4 Å². The Balaban J connectivity index is 0.000000784. The van der Waals surface area contributed by atoms with Crippen LogP contribution in [0.5, 0.6) is 11.5 Å². The largest absolute Gasteiger partial charge is 0.490 e. The molecule has 1 unspecified atom stereocenters. The molecule has 5 aromatic carbocycles. The van der Waals surface area contributed by atoms with Crippen molar-refractivity contribution in [2.24, 2.45) is 5.73 Å². The molecule has 14 heteroatoms. The molecule has 8 nitrogen and oxygen atoms in total. The zero-order valence-corrected chi connectivity index (χ0v) is 29.7. The van der Waals surface area contributed by atoms with Crippen LogP contribution in [0, 0.1) is 0 Å². The molecule has 0 radical (unpaired) electrons. The lowest BCUT2D eigenvalue weighted by Gasteiger charge is -2.26. The van der Waals surface area contributed by atoms with Crippen LogP contribution in [0.25, 0.3) is 11.1 Å². The molecular weight excluding hydrogens is 740 g/mol. The summed E-state index contributed by atoms with van der Waals surface area (Å²) in [6, 6.07) is 34.7. The Kier molecular flexibility index (Phi) is 13.2. The number of carboxylic acid groups (broad SMARTS) is 1. The van der Waals surface area contributed by atoms with Crippen LogP contribution < -0.4 is 20.7 Å². The van der Waals surface area contributed by atoms with Gasteiger partial charge in [-0.1, -0.05) is 84.9 Å². The van der Waals surface area contributed by atoms with Gasteiger partial charge in [0.05, 0.1) is 23.8 Å². The van der Waals surface area contributed by atoms with Crippen molar-refractivity contribution < 1.29 is 50.6 Å². The fraction of sp³-hybridized carbons (Fsp3) is 0.214. The summed E-state index contributed by atoms with van der Waals surface area (Å²) in [4.78, 5) is 37.5. The number of fused-ring (bicyclic) bond motifs is 1. The highest BCUT2D eigenvalue weighted by atomic mass is 19.4. The van der Waals surface area contributed by atoms with Gasteiger partial charge in [-0.25, -0.2) is 4.79 Å². The second kappa shape index (κ2) is 18.0. The van der Waals surface area contributed by atoms with Crippen molar-refractivity contribution >= 4 is 23.5 Å². The van der Waals surface area contributed by atoms with Gasteiger partial charge in [-0.15, -0.1) is 0 Å². The van der Waals surface area contributed by atoms with Gasteiger partial charge in [-0.05, 0) is 82.6 Å². The standard InChI is InChI=1S/C40H36F3N3O3.C2HF3O2/c41-40(42,43)32-10-6-9-31(24-32)29-17-15-27(16-18-29)26-46(36-13-3-4-14-37(36)49-33-11-5-7-28(23-33)25-44)39(48)22-21-38(47)45-35-20-19-30-8-1-2-12-34(30)35;3-2(4,5)1(6)7/h1-18,23-24,35H,19-22,25-26,44H2,(H,45,47);(H,6,7). The number of ether oxygens (including phenoxy) is 1. The zero-order chi connectivity index (χ0) is 40.5. The molecule has 1 aliphatic carbocycles. The van der Waals surface area contributed by atoms with Crippen molar-refractivity contribution in [1.82, 2.24) is 5.32 Å². The van der Waals surface area contributed by atoms with E-state index in [1.54, 1.807) is 59.5 Å². The first-order valence-corrected chi connectivity index (χ1v) is 17.4. The lowest BCUT2D eigenvalue weighted by Crippen LogP contribution is -2.33. The monoisotopic (exact) mass is 777 g/mol. The SMILES string of the molecule is NCc1cccc(Oc2ccccc2N(Cc2ccc(-c3cccc(C(F)(F)F)c3)cc2)C(=O)CCC(=O)NC2CCc3ccccc32)c1.O=C(O)C(F)(F)F. The Morgan fingerprint density at radius 1 is 0.768 bits per heavy atom. The van der Waals surface area contributed by atoms with E-state index in [1.807, 2.05) is 42.5 Å². The topological polar surface area (TPSA) is 122 Å². The second-order valence-corrected chi connectivity index (χ2v) is 12.8. The number of hydrogen-bond donors (Lipinski definition) is 3. The van der Waals surface area contributed by atoms with Gasteiger partial charge in [0, 0.05) is 19.4 Å². The number of alkyl halides is 6. The number of nitrogens with two attached hydrogens (primary N) is 1. The van der Waals surface area contributed by atoms with Gasteiger partial charge in [0.15, 0.2) is 5.75 Å². The van der Waals surface area contributed by atoms with Gasteiger partial charge in [0.1, 0.15) is 5.75 Å². The molecule has 0 saturated carbocycles. The summed E-state index contributed by atoms with van der Waals surface area (Å²) in [6.45, 7) is 0.483. The van der Waals surface area contributed by atoms with Gasteiger partial charge in [0.2, 0.25) is 11.8 Å². The van der Waals surface area contributed by atoms with Crippen molar-refractivity contribution in [1.29, 1.82) is 0 Å². The first-order chi connectivity index (χ1) is 26.6. The fourth-order valence-electron chi connectivity index (χ4n) is 6.13. The average molecular weight is 778 g/mol. The fourth-order valence-corrected chi connectivity index (χ4v) is 6.13. The minimum absolute atomic E-state index is 0.00402. The van der Waals surface area contributed by atoms with Gasteiger partial charge in [-0.3, -0.25) is 9.59 Å². The third-order valence-corrected chi connectivity index (χ3v) is 8.91. The van der Waals surface area contributed by atoms with Crippen LogP contribution in [0.2, 0.25) is 0 Å². The summed E-state index contributed by atoms with van der Waals surface area (Å²) in [7, 11) is 0. The summed E-state index contributed by atoms with van der Waals surface area (Å²) in [5, 5.41) is 10.2. The molecule has 0 bridgehead atoms. The van der Waals surface area contributed by atoms with E-state index in [1.165, 1.54) is 11.6 Å². The maximum Gasteiger partial charge on any atom is 0.490 e. The second-order valence-electron chi connectivity index (χ2n) is 12.8. The number of carboxylic acids is 1. The molecule has 1 aliphatic rings. The number of carbonyl (C=O) groups excluding carboxylic acids is 2. The summed E-state index contributed by atoms with van der Waals surface area (Å²) in [6.07, 6.45) is -7.86. The Morgan fingerprint density at radius 2 is 1.45 bits per heavy atom. The smallest absolute Gasteiger partial charge is 0.475 e. The van der Waals surface area contributed by atoms with Crippen molar-refractivity contribution in [2.75, 3.05) is 4.90 Å². The van der Waals surface area contributed by atoms with E-state index in [-0.39, 0.29) is 37.2 Å². The first-order valence-electron chi connectivity index (χ1n) is 17.4. The van der Waals surface area contributed by atoms with Gasteiger partial charge in [0.25, 0.3) is 0 Å². The predicted molar refractivity (Wildman–Crippen MR) is 197 cm³/mol. The number of rotatable bonds is 11. The van der Waals surface area contributed by atoms with E-state index >= 15 is 0 Å². The number of halogens is 6. The van der Waals surface area contributed by atoms with Crippen molar-refractivity contribution in [2.45, 2.75) is 57.2 Å². The van der Waals surface area contributed by atoms with E-state index in [9.17, 15) is 35.9 Å². The number of hydrogen-bond acceptors (Lipinski definition) is 5. The predicted octanol–water partition coefficient (Wildman–Crippen LogP) is 9.37. The maximum atomic E-state index is 14.0. The molecular formula is C42H37F6N3O5. The molecule has 0 aliphatic heterocycles. The highest BCUT2D eigenvalue weighted by molar-refractivity contribution is 5.96. The van der Waals surface area contributed by atoms with Crippen molar-refractivity contribution in [3.63, 3.8) is 0 Å². The number of carbonyl (C=O) groups is 3. The number of aryl methyl sites for hydroxylation is 1. The third kappa shape index (κ3) is 11.0. The average Bonchev–Trinajstić information content (AvgIpc) is 3.58. The van der Waals surface area contributed by atoms with E-state index in [0.29, 0.717) is 34.9 Å². The van der Waals surface area contributed by atoms with Crippen LogP contribution in [-0.2, 0) is 40.1 Å². The molecule has 5 aromatic rings. The zero-order valence-electron chi connectivity index (χ0n) is 29.7. The maximum absolute atomic E-state index is 14.0. The number of para-hydroxylation sites is 2. The quantitative estimate of drug-likeness (QED) is 0.115. The molecule has 4 N–H and O–H groups in total. The molecule has 6 rings (SSSR count). The van der Waals surface area contributed by atoms with Crippen LogP contribution in [0.1, 0.15) is 53.1 Å². The summed E-state index contributed by atoms with van der Waals surface area (Å²) >= 11 is 0. The first kappa shape index (κ1) is 41.0. The Hall–Kier alpha value is -6.15.